The molecule has 0 N–H and O–H groups in total. The first kappa shape index (κ1) is 74.1. The topological polar surface area (TPSA) is 78.9 Å². The molecule has 1 atom stereocenters. The van der Waals surface area contributed by atoms with Crippen LogP contribution in [-0.4, -0.2) is 37.2 Å². The second-order valence-corrected chi connectivity index (χ2v) is 21.6. The third kappa shape index (κ3) is 62.9. The smallest absolute Gasteiger partial charge is 0.306 e. The van der Waals surface area contributed by atoms with Gasteiger partial charge in [0.15, 0.2) is 6.10 Å². The predicted octanol–water partition coefficient (Wildman–Crippen LogP) is 22.6. The van der Waals surface area contributed by atoms with Crippen molar-refractivity contribution in [2.75, 3.05) is 13.2 Å². The number of unbranched alkanes of at least 4 members (excludes halogenated alkanes) is 30. The zero-order valence-corrected chi connectivity index (χ0v) is 51.2. The molecule has 0 rings (SSSR count). The Morgan fingerprint density at radius 2 is 0.500 bits per heavy atom. The van der Waals surface area contributed by atoms with Gasteiger partial charge >= 0.3 is 17.9 Å². The molecule has 0 fully saturated rings. The standard InChI is InChI=1S/C72H122O6/c1-4-7-10-13-16-19-22-25-28-30-32-34-36-38-39-41-44-47-50-53-56-59-62-65-71(74)77-68-69(67-76-70(73)64-61-58-55-52-49-46-43-27-24-21-18-15-12-9-6-3)78-72(75)66-63-60-57-54-51-48-45-42-40-37-35-33-31-29-26-23-20-17-14-11-8-5-2/h7,9-10,12,16,18-19,21,25,27-28,32,34,38-39,43-44,47,69H,4-6,8,11,13-15,17,20,22-24,26,29-31,33,35-37,40-42,45-46,48-68H2,1-3H3/b10-7-,12-9-,19-16-,21-18-,28-25-,34-32-,39-38-,43-27-,47-44-. The molecule has 0 saturated carbocycles. The van der Waals surface area contributed by atoms with Crippen molar-refractivity contribution in [3.05, 3.63) is 109 Å². The SMILES string of the molecule is CC/C=C\C/C=C\C/C=C\C/C=C\C/C=C\C/C=C\CCCCCCC(=O)OCC(COC(=O)CCCCCCC/C=C\C/C=C\C/C=C\CC)OC(=O)CCCCCCCCCCCCCCCCCCCCCCCC. The maximum absolute atomic E-state index is 12.9. The lowest BCUT2D eigenvalue weighted by molar-refractivity contribution is -0.167. The summed E-state index contributed by atoms with van der Waals surface area (Å²) < 4.78 is 16.9. The Hall–Kier alpha value is -3.93. The summed E-state index contributed by atoms with van der Waals surface area (Å²) in [6.07, 6.45) is 89.6. The van der Waals surface area contributed by atoms with Gasteiger partial charge in [0.25, 0.3) is 0 Å². The monoisotopic (exact) mass is 1080 g/mol. The highest BCUT2D eigenvalue weighted by Crippen LogP contribution is 2.17. The van der Waals surface area contributed by atoms with Gasteiger partial charge in [-0.15, -0.1) is 0 Å². The molecule has 0 bridgehead atoms. The van der Waals surface area contributed by atoms with E-state index in [0.717, 1.165) is 148 Å². The largest absolute Gasteiger partial charge is 0.462 e. The minimum absolute atomic E-state index is 0.0945. The molecule has 0 spiro atoms. The van der Waals surface area contributed by atoms with Crippen LogP contribution in [0.15, 0.2) is 109 Å². The van der Waals surface area contributed by atoms with Gasteiger partial charge in [-0.25, -0.2) is 0 Å². The molecule has 6 heteroatoms. The average Bonchev–Trinajstić information content (AvgIpc) is 3.44. The zero-order chi connectivity index (χ0) is 56.4. The van der Waals surface area contributed by atoms with E-state index in [9.17, 15) is 14.4 Å². The predicted molar refractivity (Wildman–Crippen MR) is 339 cm³/mol. The molecule has 0 amide bonds. The minimum Gasteiger partial charge on any atom is -0.462 e. The van der Waals surface area contributed by atoms with Crippen LogP contribution in [0.4, 0.5) is 0 Å². The van der Waals surface area contributed by atoms with Crippen molar-refractivity contribution in [2.24, 2.45) is 0 Å². The highest BCUT2D eigenvalue weighted by Gasteiger charge is 2.19. The Balaban J connectivity index is 4.41. The van der Waals surface area contributed by atoms with E-state index in [1.54, 1.807) is 0 Å². The first-order valence-corrected chi connectivity index (χ1v) is 32.9. The maximum Gasteiger partial charge on any atom is 0.306 e. The van der Waals surface area contributed by atoms with Gasteiger partial charge in [-0.05, 0) is 103 Å². The lowest BCUT2D eigenvalue weighted by Crippen LogP contribution is -2.30. The maximum atomic E-state index is 12.9. The second-order valence-electron chi connectivity index (χ2n) is 21.6. The number of carbonyl (C=O) groups excluding carboxylic acids is 3. The van der Waals surface area contributed by atoms with Crippen LogP contribution in [0.2, 0.25) is 0 Å². The number of ether oxygens (including phenoxy) is 3. The molecule has 6 nitrogen and oxygen atoms in total. The number of esters is 3. The van der Waals surface area contributed by atoms with Gasteiger partial charge in [-0.2, -0.15) is 0 Å². The summed E-state index contributed by atoms with van der Waals surface area (Å²) in [5.41, 5.74) is 0. The molecule has 0 radical (unpaired) electrons. The lowest BCUT2D eigenvalue weighted by Gasteiger charge is -2.18. The van der Waals surface area contributed by atoms with Crippen molar-refractivity contribution in [1.29, 1.82) is 0 Å². The van der Waals surface area contributed by atoms with Gasteiger partial charge < -0.3 is 14.2 Å². The summed E-state index contributed by atoms with van der Waals surface area (Å²) in [7, 11) is 0. The van der Waals surface area contributed by atoms with Crippen LogP contribution >= 0.6 is 0 Å². The molecule has 0 aromatic carbocycles. The first-order chi connectivity index (χ1) is 38.5. The van der Waals surface area contributed by atoms with Crippen molar-refractivity contribution < 1.29 is 28.6 Å². The normalized spacial score (nSPS) is 12.8. The van der Waals surface area contributed by atoms with Gasteiger partial charge in [0.2, 0.25) is 0 Å². The van der Waals surface area contributed by atoms with Crippen LogP contribution in [0.1, 0.15) is 310 Å². The van der Waals surface area contributed by atoms with E-state index >= 15 is 0 Å². The number of hydrogen-bond acceptors (Lipinski definition) is 6. The number of allylic oxidation sites excluding steroid dienone is 18. The molecule has 0 heterocycles. The molecule has 446 valence electrons. The van der Waals surface area contributed by atoms with Crippen molar-refractivity contribution in [2.45, 2.75) is 316 Å². The van der Waals surface area contributed by atoms with E-state index in [4.69, 9.17) is 14.2 Å². The molecule has 78 heavy (non-hydrogen) atoms. The van der Waals surface area contributed by atoms with Crippen molar-refractivity contribution in [3.8, 4) is 0 Å². The molecule has 0 aromatic rings. The highest BCUT2D eigenvalue weighted by molar-refractivity contribution is 5.71. The van der Waals surface area contributed by atoms with Crippen LogP contribution < -0.4 is 0 Å². The summed E-state index contributed by atoms with van der Waals surface area (Å²) in [6, 6.07) is 0. The molecule has 1 unspecified atom stereocenters. The van der Waals surface area contributed by atoms with E-state index in [1.165, 1.54) is 122 Å². The summed E-state index contributed by atoms with van der Waals surface area (Å²) in [5.74, 6) is -0.924. The summed E-state index contributed by atoms with van der Waals surface area (Å²) in [4.78, 5) is 38.4. The summed E-state index contributed by atoms with van der Waals surface area (Å²) >= 11 is 0. The third-order valence-corrected chi connectivity index (χ3v) is 14.0. The van der Waals surface area contributed by atoms with Gasteiger partial charge in [-0.1, -0.05) is 297 Å². The Labute approximate surface area is 482 Å². The molecule has 0 saturated heterocycles. The zero-order valence-electron chi connectivity index (χ0n) is 51.2. The molecule has 0 aliphatic carbocycles. The Kier molecular flexibility index (Phi) is 62.3. The van der Waals surface area contributed by atoms with Gasteiger partial charge in [0.1, 0.15) is 13.2 Å². The molecular formula is C72H122O6. The molecule has 0 aliphatic rings. The van der Waals surface area contributed by atoms with E-state index in [0.29, 0.717) is 19.3 Å². The average molecular weight is 1080 g/mol. The second kappa shape index (κ2) is 65.6. The summed E-state index contributed by atoms with van der Waals surface area (Å²) in [5, 5.41) is 0. The minimum atomic E-state index is -0.798. The van der Waals surface area contributed by atoms with Crippen LogP contribution in [-0.2, 0) is 28.6 Å². The van der Waals surface area contributed by atoms with E-state index in [2.05, 4.69) is 130 Å². The Bertz CT molecular complexity index is 1570. The van der Waals surface area contributed by atoms with Crippen molar-refractivity contribution in [1.82, 2.24) is 0 Å². The third-order valence-electron chi connectivity index (χ3n) is 14.0. The van der Waals surface area contributed by atoms with Crippen molar-refractivity contribution in [3.63, 3.8) is 0 Å². The van der Waals surface area contributed by atoms with E-state index in [-0.39, 0.29) is 31.1 Å². The molecule has 0 aliphatic heterocycles. The van der Waals surface area contributed by atoms with E-state index in [1.807, 2.05) is 0 Å². The Morgan fingerprint density at radius 3 is 0.782 bits per heavy atom. The fourth-order valence-electron chi connectivity index (χ4n) is 9.17. The lowest BCUT2D eigenvalue weighted by atomic mass is 10.0. The number of rotatable bonds is 59. The summed E-state index contributed by atoms with van der Waals surface area (Å²) in [6.45, 7) is 6.41. The number of carbonyl (C=O) groups is 3. The van der Waals surface area contributed by atoms with Crippen LogP contribution in [0.3, 0.4) is 0 Å². The van der Waals surface area contributed by atoms with Gasteiger partial charge in [0.05, 0.1) is 0 Å². The van der Waals surface area contributed by atoms with Gasteiger partial charge in [0, 0.05) is 19.3 Å². The number of hydrogen-bond donors (Lipinski definition) is 0. The van der Waals surface area contributed by atoms with Crippen LogP contribution in [0.25, 0.3) is 0 Å². The van der Waals surface area contributed by atoms with Crippen molar-refractivity contribution >= 4 is 17.9 Å². The van der Waals surface area contributed by atoms with Crippen LogP contribution in [0, 0.1) is 0 Å². The fourth-order valence-corrected chi connectivity index (χ4v) is 9.17. The van der Waals surface area contributed by atoms with Crippen LogP contribution in [0.5, 0.6) is 0 Å². The molecular weight excluding hydrogens is 961 g/mol. The fraction of sp³-hybridized carbons (Fsp3) is 0.708. The van der Waals surface area contributed by atoms with E-state index < -0.39 is 6.10 Å². The quantitative estimate of drug-likeness (QED) is 0.0261. The highest BCUT2D eigenvalue weighted by atomic mass is 16.6. The van der Waals surface area contributed by atoms with Gasteiger partial charge in [-0.3, -0.25) is 14.4 Å². The molecule has 0 aromatic heterocycles. The first-order valence-electron chi connectivity index (χ1n) is 32.9. The Morgan fingerprint density at radius 1 is 0.269 bits per heavy atom.